The molecule has 128 valence electrons. The van der Waals surface area contributed by atoms with E-state index in [-0.39, 0.29) is 5.78 Å². The maximum absolute atomic E-state index is 12.6. The lowest BCUT2D eigenvalue weighted by molar-refractivity contribution is 0.0599. The van der Waals surface area contributed by atoms with Gasteiger partial charge in [-0.25, -0.2) is 4.79 Å². The summed E-state index contributed by atoms with van der Waals surface area (Å²) >= 11 is 11.8. The summed E-state index contributed by atoms with van der Waals surface area (Å²) in [6, 6.07) is 4.72. The van der Waals surface area contributed by atoms with Crippen molar-refractivity contribution in [1.29, 1.82) is 0 Å². The van der Waals surface area contributed by atoms with Crippen LogP contribution in [-0.2, 0) is 4.74 Å². The molecule has 7 heteroatoms. The number of halogens is 2. The summed E-state index contributed by atoms with van der Waals surface area (Å²) in [5, 5.41) is 0.828. The molecule has 2 rings (SSSR count). The van der Waals surface area contributed by atoms with E-state index in [9.17, 15) is 9.59 Å². The highest BCUT2D eigenvalue weighted by Gasteiger charge is 2.26. The molecule has 0 bridgehead atoms. The molecule has 2 aromatic rings. The van der Waals surface area contributed by atoms with Gasteiger partial charge in [0.15, 0.2) is 6.10 Å². The van der Waals surface area contributed by atoms with E-state index < -0.39 is 12.1 Å². The summed E-state index contributed by atoms with van der Waals surface area (Å²) in [5.41, 5.74) is 1.78. The van der Waals surface area contributed by atoms with Crippen LogP contribution in [0.2, 0.25) is 10.0 Å². The fourth-order valence-corrected chi connectivity index (χ4v) is 2.97. The number of methoxy groups -OCH3 is 1. The van der Waals surface area contributed by atoms with Crippen LogP contribution >= 0.6 is 23.2 Å². The second kappa shape index (κ2) is 7.28. The first-order chi connectivity index (χ1) is 11.2. The van der Waals surface area contributed by atoms with Crippen molar-refractivity contribution in [3.8, 4) is 5.75 Å². The molecule has 1 aromatic heterocycles. The van der Waals surface area contributed by atoms with Gasteiger partial charge in [0, 0.05) is 15.7 Å². The Kier molecular flexibility index (Phi) is 5.57. The third kappa shape index (κ3) is 3.74. The van der Waals surface area contributed by atoms with Crippen molar-refractivity contribution >= 4 is 35.0 Å². The van der Waals surface area contributed by atoms with Crippen molar-refractivity contribution in [2.45, 2.75) is 26.9 Å². The van der Waals surface area contributed by atoms with Gasteiger partial charge in [0.25, 0.3) is 0 Å². The zero-order valence-electron chi connectivity index (χ0n) is 13.7. The van der Waals surface area contributed by atoms with Crippen LogP contribution in [0.25, 0.3) is 0 Å². The van der Waals surface area contributed by atoms with Crippen molar-refractivity contribution in [3.63, 3.8) is 0 Å². The largest absolute Gasteiger partial charge is 0.482 e. The summed E-state index contributed by atoms with van der Waals surface area (Å²) in [6.45, 7) is 5.01. The second-order valence-electron chi connectivity index (χ2n) is 5.35. The minimum atomic E-state index is -0.790. The molecule has 0 fully saturated rings. The SMILES string of the molecule is COC(=O)c1c(C)[nH]c(C(=O)[C@H](C)Oc2cc(Cl)cc(Cl)c2)c1C. The highest BCUT2D eigenvalue weighted by atomic mass is 35.5. The Hall–Kier alpha value is -1.98. The number of esters is 1. The van der Waals surface area contributed by atoms with E-state index in [0.29, 0.717) is 38.3 Å². The van der Waals surface area contributed by atoms with Gasteiger partial charge in [-0.3, -0.25) is 4.79 Å². The monoisotopic (exact) mass is 369 g/mol. The van der Waals surface area contributed by atoms with Gasteiger partial charge in [-0.2, -0.15) is 0 Å². The third-order valence-corrected chi connectivity index (χ3v) is 4.03. The number of benzene rings is 1. The van der Waals surface area contributed by atoms with Crippen LogP contribution < -0.4 is 4.74 Å². The lowest BCUT2D eigenvalue weighted by Gasteiger charge is -2.14. The van der Waals surface area contributed by atoms with Gasteiger partial charge in [0.2, 0.25) is 5.78 Å². The minimum Gasteiger partial charge on any atom is -0.482 e. The van der Waals surface area contributed by atoms with Gasteiger partial charge in [-0.1, -0.05) is 23.2 Å². The number of Topliss-reactive ketones (excluding diaryl/α,β-unsaturated/α-hetero) is 1. The number of ether oxygens (including phenoxy) is 2. The first-order valence-corrected chi connectivity index (χ1v) is 7.94. The number of hydrogen-bond donors (Lipinski definition) is 1. The third-order valence-electron chi connectivity index (χ3n) is 3.59. The summed E-state index contributed by atoms with van der Waals surface area (Å²) in [4.78, 5) is 27.4. The first-order valence-electron chi connectivity index (χ1n) is 7.19. The lowest BCUT2D eigenvalue weighted by Crippen LogP contribution is -2.25. The molecule has 0 spiro atoms. The van der Waals surface area contributed by atoms with E-state index in [1.54, 1.807) is 39.0 Å². The summed E-state index contributed by atoms with van der Waals surface area (Å²) in [6.07, 6.45) is -0.790. The molecule has 0 aliphatic carbocycles. The number of rotatable bonds is 5. The predicted octanol–water partition coefficient (Wildman–Crippen LogP) is 4.38. The van der Waals surface area contributed by atoms with Crippen LogP contribution in [0, 0.1) is 13.8 Å². The Morgan fingerprint density at radius 3 is 2.25 bits per heavy atom. The van der Waals surface area contributed by atoms with Gasteiger partial charge in [0.05, 0.1) is 18.4 Å². The molecule has 5 nitrogen and oxygen atoms in total. The van der Waals surface area contributed by atoms with Crippen LogP contribution in [0.1, 0.15) is 39.0 Å². The summed E-state index contributed by atoms with van der Waals surface area (Å²) in [5.74, 6) is -0.389. The molecule has 24 heavy (non-hydrogen) atoms. The van der Waals surface area contributed by atoms with Crippen LogP contribution in [0.15, 0.2) is 18.2 Å². The predicted molar refractivity (Wildman–Crippen MR) is 92.5 cm³/mol. The molecule has 0 saturated heterocycles. The number of H-pyrrole nitrogens is 1. The summed E-state index contributed by atoms with van der Waals surface area (Å²) in [7, 11) is 1.30. The number of carbonyl (C=O) groups is 2. The minimum absolute atomic E-state index is 0.290. The molecule has 0 radical (unpaired) electrons. The first kappa shape index (κ1) is 18.4. The Morgan fingerprint density at radius 1 is 1.12 bits per heavy atom. The molecule has 0 unspecified atom stereocenters. The normalized spacial score (nSPS) is 11.9. The van der Waals surface area contributed by atoms with Crippen LogP contribution in [0.3, 0.4) is 0 Å². The zero-order chi connectivity index (χ0) is 18.0. The molecular weight excluding hydrogens is 353 g/mol. The fraction of sp³-hybridized carbons (Fsp3) is 0.294. The number of aromatic nitrogens is 1. The second-order valence-corrected chi connectivity index (χ2v) is 6.22. The standard InChI is InChI=1S/C17H17Cl2NO4/c1-8-14(17(22)23-4)9(2)20-15(8)16(21)10(3)24-13-6-11(18)5-12(19)7-13/h5-7,10,20H,1-4H3/t10-/m0/s1. The highest BCUT2D eigenvalue weighted by Crippen LogP contribution is 2.26. The van der Waals surface area contributed by atoms with E-state index in [2.05, 4.69) is 4.98 Å². The fourth-order valence-electron chi connectivity index (χ4n) is 2.46. The molecular formula is C17H17Cl2NO4. The van der Waals surface area contributed by atoms with E-state index in [1.165, 1.54) is 7.11 Å². The van der Waals surface area contributed by atoms with Crippen LogP contribution in [0.5, 0.6) is 5.75 Å². The zero-order valence-corrected chi connectivity index (χ0v) is 15.2. The molecule has 0 aliphatic heterocycles. The average molecular weight is 370 g/mol. The van der Waals surface area contributed by atoms with Gasteiger partial charge >= 0.3 is 5.97 Å². The maximum atomic E-state index is 12.6. The maximum Gasteiger partial charge on any atom is 0.339 e. The van der Waals surface area contributed by atoms with Gasteiger partial charge in [-0.15, -0.1) is 0 Å². The molecule has 0 aliphatic rings. The molecule has 1 atom stereocenters. The number of aryl methyl sites for hydroxylation is 1. The number of hydrogen-bond acceptors (Lipinski definition) is 4. The smallest absolute Gasteiger partial charge is 0.339 e. The van der Waals surface area contributed by atoms with Gasteiger partial charge in [-0.05, 0) is 44.5 Å². The van der Waals surface area contributed by atoms with Crippen molar-refractivity contribution in [2.24, 2.45) is 0 Å². The van der Waals surface area contributed by atoms with Crippen LogP contribution in [0.4, 0.5) is 0 Å². The van der Waals surface area contributed by atoms with Gasteiger partial charge in [0.1, 0.15) is 5.75 Å². The number of carbonyl (C=O) groups excluding carboxylic acids is 2. The number of nitrogens with one attached hydrogen (secondary N) is 1. The number of aromatic amines is 1. The highest BCUT2D eigenvalue weighted by molar-refractivity contribution is 6.34. The summed E-state index contributed by atoms with van der Waals surface area (Å²) < 4.78 is 10.4. The Morgan fingerprint density at radius 2 is 1.71 bits per heavy atom. The number of ketones is 1. The molecule has 1 heterocycles. The molecule has 0 amide bonds. The topological polar surface area (TPSA) is 68.4 Å². The quantitative estimate of drug-likeness (QED) is 0.627. The van der Waals surface area contributed by atoms with E-state index >= 15 is 0 Å². The Balaban J connectivity index is 2.26. The van der Waals surface area contributed by atoms with Crippen molar-refractivity contribution in [3.05, 3.63) is 50.8 Å². The van der Waals surface area contributed by atoms with Crippen molar-refractivity contribution < 1.29 is 19.1 Å². The average Bonchev–Trinajstić information content (AvgIpc) is 2.79. The Labute approximate surface area is 149 Å². The van der Waals surface area contributed by atoms with Gasteiger partial charge < -0.3 is 14.5 Å². The van der Waals surface area contributed by atoms with Crippen LogP contribution in [-0.4, -0.2) is 30.0 Å². The molecule has 0 saturated carbocycles. The lowest BCUT2D eigenvalue weighted by atomic mass is 10.1. The Bertz CT molecular complexity index is 778. The van der Waals surface area contributed by atoms with E-state index in [1.807, 2.05) is 0 Å². The van der Waals surface area contributed by atoms with E-state index in [0.717, 1.165) is 0 Å². The molecule has 1 aromatic carbocycles. The van der Waals surface area contributed by atoms with Crippen molar-refractivity contribution in [1.82, 2.24) is 4.98 Å². The van der Waals surface area contributed by atoms with Crippen molar-refractivity contribution in [2.75, 3.05) is 7.11 Å². The molecule has 1 N–H and O–H groups in total. The van der Waals surface area contributed by atoms with E-state index in [4.69, 9.17) is 32.7 Å².